The van der Waals surface area contributed by atoms with Gasteiger partial charge in [-0.2, -0.15) is 0 Å². The van der Waals surface area contributed by atoms with Gasteiger partial charge in [0.15, 0.2) is 0 Å². The number of amides is 2. The molecular formula is C10H13BrN2O2. The molecule has 0 spiro atoms. The molecule has 1 aromatic carbocycles. The van der Waals surface area contributed by atoms with E-state index < -0.39 is 0 Å². The topological polar surface area (TPSA) is 52.6 Å². The molecule has 0 unspecified atom stereocenters. The van der Waals surface area contributed by atoms with Gasteiger partial charge in [-0.15, -0.1) is 0 Å². The van der Waals surface area contributed by atoms with E-state index in [2.05, 4.69) is 21.2 Å². The van der Waals surface area contributed by atoms with Crippen molar-refractivity contribution in [2.75, 3.05) is 25.5 Å². The highest BCUT2D eigenvalue weighted by molar-refractivity contribution is 9.10. The molecule has 0 fully saturated rings. The van der Waals surface area contributed by atoms with Crippen LogP contribution in [0, 0.1) is 0 Å². The minimum absolute atomic E-state index is 0.0418. The lowest BCUT2D eigenvalue weighted by molar-refractivity contribution is 0.202. The standard InChI is InChI=1S/C10H13BrN2O2/c1-13(6-7-14)10(15)12-9-5-3-2-4-8(9)11/h2-5,14H,6-7H2,1H3,(H,12,15). The molecule has 0 aliphatic carbocycles. The van der Waals surface area contributed by atoms with Crippen molar-refractivity contribution in [2.45, 2.75) is 0 Å². The third kappa shape index (κ3) is 3.53. The van der Waals surface area contributed by atoms with Crippen LogP contribution in [-0.4, -0.2) is 36.2 Å². The number of likely N-dealkylation sites (N-methyl/N-ethyl adjacent to an activating group) is 1. The molecule has 1 aromatic rings. The van der Waals surface area contributed by atoms with Gasteiger partial charge in [0, 0.05) is 18.1 Å². The number of aliphatic hydroxyl groups excluding tert-OH is 1. The Morgan fingerprint density at radius 1 is 1.53 bits per heavy atom. The predicted molar refractivity (Wildman–Crippen MR) is 62.9 cm³/mol. The fourth-order valence-corrected chi connectivity index (χ4v) is 1.41. The quantitative estimate of drug-likeness (QED) is 0.883. The molecule has 4 nitrogen and oxygen atoms in total. The monoisotopic (exact) mass is 272 g/mol. The van der Waals surface area contributed by atoms with Gasteiger partial charge < -0.3 is 15.3 Å². The van der Waals surface area contributed by atoms with E-state index in [-0.39, 0.29) is 12.6 Å². The van der Waals surface area contributed by atoms with Crippen LogP contribution in [-0.2, 0) is 0 Å². The molecule has 15 heavy (non-hydrogen) atoms. The molecule has 0 radical (unpaired) electrons. The first-order valence-electron chi connectivity index (χ1n) is 4.52. The SMILES string of the molecule is CN(CCO)C(=O)Nc1ccccc1Br. The van der Waals surface area contributed by atoms with E-state index in [1.54, 1.807) is 13.1 Å². The molecule has 0 saturated carbocycles. The summed E-state index contributed by atoms with van der Waals surface area (Å²) in [6.07, 6.45) is 0. The summed E-state index contributed by atoms with van der Waals surface area (Å²) >= 11 is 3.33. The van der Waals surface area contributed by atoms with Crippen LogP contribution < -0.4 is 5.32 Å². The van der Waals surface area contributed by atoms with E-state index in [9.17, 15) is 4.79 Å². The minimum atomic E-state index is -0.240. The zero-order chi connectivity index (χ0) is 11.3. The van der Waals surface area contributed by atoms with Crippen LogP contribution in [0.2, 0.25) is 0 Å². The van der Waals surface area contributed by atoms with Gasteiger partial charge in [0.05, 0.1) is 12.3 Å². The number of anilines is 1. The van der Waals surface area contributed by atoms with Crippen molar-refractivity contribution in [1.82, 2.24) is 4.90 Å². The van der Waals surface area contributed by atoms with E-state index in [0.29, 0.717) is 12.2 Å². The van der Waals surface area contributed by atoms with E-state index >= 15 is 0 Å². The maximum absolute atomic E-state index is 11.5. The maximum atomic E-state index is 11.5. The molecule has 2 N–H and O–H groups in total. The summed E-state index contributed by atoms with van der Waals surface area (Å²) in [4.78, 5) is 13.0. The lowest BCUT2D eigenvalue weighted by Crippen LogP contribution is -2.33. The number of benzene rings is 1. The first kappa shape index (κ1) is 12.0. The van der Waals surface area contributed by atoms with Gasteiger partial charge in [0.25, 0.3) is 0 Å². The average Bonchev–Trinajstić information content (AvgIpc) is 2.21. The number of hydrogen-bond donors (Lipinski definition) is 2. The van der Waals surface area contributed by atoms with Crippen LogP contribution in [0.25, 0.3) is 0 Å². The molecule has 0 heterocycles. The third-order valence-electron chi connectivity index (χ3n) is 1.90. The Kier molecular flexibility index (Phi) is 4.58. The molecule has 2 amide bonds. The number of nitrogens with zero attached hydrogens (tertiary/aromatic N) is 1. The number of para-hydroxylation sites is 1. The van der Waals surface area contributed by atoms with Crippen molar-refractivity contribution in [3.05, 3.63) is 28.7 Å². The summed E-state index contributed by atoms with van der Waals surface area (Å²) in [5.74, 6) is 0. The first-order chi connectivity index (χ1) is 7.15. The number of carbonyl (C=O) groups is 1. The molecule has 82 valence electrons. The summed E-state index contributed by atoms with van der Waals surface area (Å²) in [6, 6.07) is 7.12. The Morgan fingerprint density at radius 3 is 2.80 bits per heavy atom. The van der Waals surface area contributed by atoms with Crippen molar-refractivity contribution >= 4 is 27.6 Å². The molecule has 1 rings (SSSR count). The van der Waals surface area contributed by atoms with Crippen molar-refractivity contribution in [2.24, 2.45) is 0 Å². The molecule has 0 aliphatic rings. The summed E-state index contributed by atoms with van der Waals surface area (Å²) in [5.41, 5.74) is 0.715. The summed E-state index contributed by atoms with van der Waals surface area (Å²) in [5, 5.41) is 11.4. The van der Waals surface area contributed by atoms with E-state index in [0.717, 1.165) is 4.47 Å². The Balaban J connectivity index is 2.62. The molecule has 0 aromatic heterocycles. The summed E-state index contributed by atoms with van der Waals surface area (Å²) in [6.45, 7) is 0.274. The number of hydrogen-bond acceptors (Lipinski definition) is 2. The zero-order valence-corrected chi connectivity index (χ0v) is 9.99. The van der Waals surface area contributed by atoms with Crippen molar-refractivity contribution in [1.29, 1.82) is 0 Å². The van der Waals surface area contributed by atoms with Gasteiger partial charge in [-0.25, -0.2) is 4.79 Å². The summed E-state index contributed by atoms with van der Waals surface area (Å²) in [7, 11) is 1.63. The zero-order valence-electron chi connectivity index (χ0n) is 8.40. The van der Waals surface area contributed by atoms with Crippen LogP contribution in [0.3, 0.4) is 0 Å². The van der Waals surface area contributed by atoms with Crippen LogP contribution in [0.4, 0.5) is 10.5 Å². The Morgan fingerprint density at radius 2 is 2.20 bits per heavy atom. The Hall–Kier alpha value is -1.07. The largest absolute Gasteiger partial charge is 0.395 e. The third-order valence-corrected chi connectivity index (χ3v) is 2.59. The normalized spacial score (nSPS) is 9.80. The molecule has 0 saturated heterocycles. The number of carbonyl (C=O) groups excluding carboxylic acids is 1. The van der Waals surface area contributed by atoms with E-state index in [4.69, 9.17) is 5.11 Å². The molecule has 5 heteroatoms. The second kappa shape index (κ2) is 5.72. The van der Waals surface area contributed by atoms with Crippen molar-refractivity contribution < 1.29 is 9.90 Å². The lowest BCUT2D eigenvalue weighted by atomic mass is 10.3. The number of aliphatic hydroxyl groups is 1. The highest BCUT2D eigenvalue weighted by atomic mass is 79.9. The predicted octanol–water partition coefficient (Wildman–Crippen LogP) is 1.91. The highest BCUT2D eigenvalue weighted by Gasteiger charge is 2.08. The van der Waals surface area contributed by atoms with Gasteiger partial charge in [-0.1, -0.05) is 12.1 Å². The molecular weight excluding hydrogens is 260 g/mol. The van der Waals surface area contributed by atoms with Gasteiger partial charge in [-0.05, 0) is 28.1 Å². The number of rotatable bonds is 3. The van der Waals surface area contributed by atoms with Crippen molar-refractivity contribution in [3.8, 4) is 0 Å². The fraction of sp³-hybridized carbons (Fsp3) is 0.300. The van der Waals surface area contributed by atoms with Gasteiger partial charge in [-0.3, -0.25) is 0 Å². The highest BCUT2D eigenvalue weighted by Crippen LogP contribution is 2.21. The Labute approximate surface area is 97.0 Å². The molecule has 0 aliphatic heterocycles. The number of urea groups is 1. The second-order valence-corrected chi connectivity index (χ2v) is 3.91. The van der Waals surface area contributed by atoms with E-state index in [1.165, 1.54) is 4.90 Å². The van der Waals surface area contributed by atoms with Crippen molar-refractivity contribution in [3.63, 3.8) is 0 Å². The molecule has 0 bridgehead atoms. The average molecular weight is 273 g/mol. The van der Waals surface area contributed by atoms with Crippen LogP contribution in [0.1, 0.15) is 0 Å². The molecule has 0 atom stereocenters. The van der Waals surface area contributed by atoms with E-state index in [1.807, 2.05) is 18.2 Å². The van der Waals surface area contributed by atoms with Crippen LogP contribution in [0.5, 0.6) is 0 Å². The first-order valence-corrected chi connectivity index (χ1v) is 5.32. The maximum Gasteiger partial charge on any atom is 0.321 e. The Bertz CT molecular complexity index is 344. The second-order valence-electron chi connectivity index (χ2n) is 3.06. The number of halogens is 1. The van der Waals surface area contributed by atoms with Crippen LogP contribution >= 0.6 is 15.9 Å². The summed E-state index contributed by atoms with van der Waals surface area (Å²) < 4.78 is 0.829. The van der Waals surface area contributed by atoms with Gasteiger partial charge in [0.1, 0.15) is 0 Å². The lowest BCUT2D eigenvalue weighted by Gasteiger charge is -2.17. The van der Waals surface area contributed by atoms with Gasteiger partial charge in [0.2, 0.25) is 0 Å². The van der Waals surface area contributed by atoms with Gasteiger partial charge >= 0.3 is 6.03 Å². The smallest absolute Gasteiger partial charge is 0.321 e. The minimum Gasteiger partial charge on any atom is -0.395 e. The fourth-order valence-electron chi connectivity index (χ4n) is 1.02. The number of nitrogens with one attached hydrogen (secondary N) is 1. The van der Waals surface area contributed by atoms with Crippen LogP contribution in [0.15, 0.2) is 28.7 Å².